The Balaban J connectivity index is 2.03. The average molecular weight is 351 g/mol. The maximum atomic E-state index is 12.1. The lowest BCUT2D eigenvalue weighted by molar-refractivity contribution is -0.127. The minimum atomic E-state index is -3.56. The molecule has 1 amide bonds. The molecule has 0 aliphatic carbocycles. The highest BCUT2D eigenvalue weighted by molar-refractivity contribution is 7.92. The molecule has 0 unspecified atom stereocenters. The van der Waals surface area contributed by atoms with Gasteiger partial charge in [-0.2, -0.15) is 5.26 Å². The summed E-state index contributed by atoms with van der Waals surface area (Å²) < 4.78 is 30.5. The first-order valence-corrected chi connectivity index (χ1v) is 9.60. The van der Waals surface area contributed by atoms with Crippen LogP contribution in [-0.2, 0) is 19.6 Å². The maximum Gasteiger partial charge on any atom is 0.232 e. The number of nitrogens with zero attached hydrogens (tertiary/aromatic N) is 2. The Morgan fingerprint density at radius 1 is 1.38 bits per heavy atom. The number of sulfonamides is 1. The van der Waals surface area contributed by atoms with Gasteiger partial charge in [0, 0.05) is 25.7 Å². The van der Waals surface area contributed by atoms with Crippen molar-refractivity contribution in [3.8, 4) is 6.07 Å². The molecule has 24 heavy (non-hydrogen) atoms. The lowest BCUT2D eigenvalue weighted by Crippen LogP contribution is -2.41. The van der Waals surface area contributed by atoms with Crippen molar-refractivity contribution in [1.82, 2.24) is 5.32 Å². The van der Waals surface area contributed by atoms with E-state index < -0.39 is 10.0 Å². The summed E-state index contributed by atoms with van der Waals surface area (Å²) in [5.74, 6) is -0.169. The van der Waals surface area contributed by atoms with Crippen LogP contribution in [0.25, 0.3) is 0 Å². The molecule has 1 heterocycles. The third kappa shape index (κ3) is 4.69. The number of benzene rings is 1. The van der Waals surface area contributed by atoms with Gasteiger partial charge in [0.2, 0.25) is 15.9 Å². The number of amides is 1. The second kappa shape index (κ2) is 8.13. The number of carbonyl (C=O) groups excluding carboxylic acids is 1. The van der Waals surface area contributed by atoms with E-state index >= 15 is 0 Å². The molecule has 0 aromatic heterocycles. The van der Waals surface area contributed by atoms with Gasteiger partial charge < -0.3 is 10.1 Å². The van der Waals surface area contributed by atoms with E-state index in [1.165, 1.54) is 0 Å². The summed E-state index contributed by atoms with van der Waals surface area (Å²) in [7, 11) is -3.56. The van der Waals surface area contributed by atoms with Gasteiger partial charge in [0.05, 0.1) is 24.1 Å². The number of para-hydroxylation sites is 1. The molecule has 1 aromatic rings. The zero-order chi connectivity index (χ0) is 17.6. The summed E-state index contributed by atoms with van der Waals surface area (Å²) in [6.45, 7) is 1.40. The van der Waals surface area contributed by atoms with E-state index in [2.05, 4.69) is 5.32 Å². The van der Waals surface area contributed by atoms with Crippen LogP contribution < -0.4 is 9.62 Å². The Labute approximate surface area is 142 Å². The van der Waals surface area contributed by atoms with Gasteiger partial charge in [0.15, 0.2) is 0 Å². The number of hydrogen-bond acceptors (Lipinski definition) is 5. The standard InChI is InChI=1S/C16H21N3O4S/c1-24(21,22)19(15-5-3-2-4-14(15)12-17)9-8-18-16(20)13-6-10-23-11-7-13/h2-5,13H,6-11H2,1H3,(H,18,20). The summed E-state index contributed by atoms with van der Waals surface area (Å²) in [5.41, 5.74) is 0.599. The Morgan fingerprint density at radius 2 is 2.04 bits per heavy atom. The van der Waals surface area contributed by atoms with E-state index in [1.54, 1.807) is 24.3 Å². The molecule has 1 aliphatic heterocycles. The minimum Gasteiger partial charge on any atom is -0.381 e. The van der Waals surface area contributed by atoms with E-state index in [9.17, 15) is 13.2 Å². The van der Waals surface area contributed by atoms with Crippen LogP contribution in [-0.4, -0.2) is 46.9 Å². The monoisotopic (exact) mass is 351 g/mol. The van der Waals surface area contributed by atoms with Crippen LogP contribution >= 0.6 is 0 Å². The molecule has 2 rings (SSSR count). The topological polar surface area (TPSA) is 99.5 Å². The van der Waals surface area contributed by atoms with Crippen LogP contribution in [0, 0.1) is 17.2 Å². The number of ether oxygens (including phenoxy) is 1. The Bertz CT molecular complexity index is 721. The van der Waals surface area contributed by atoms with Crippen LogP contribution in [0.4, 0.5) is 5.69 Å². The molecule has 8 heteroatoms. The first-order chi connectivity index (χ1) is 11.4. The SMILES string of the molecule is CS(=O)(=O)N(CCNC(=O)C1CCOCC1)c1ccccc1C#N. The molecule has 1 N–H and O–H groups in total. The number of anilines is 1. The summed E-state index contributed by atoms with van der Waals surface area (Å²) in [6.07, 6.45) is 2.44. The molecule has 0 saturated carbocycles. The van der Waals surface area contributed by atoms with Gasteiger partial charge in [-0.25, -0.2) is 8.42 Å². The van der Waals surface area contributed by atoms with Crippen molar-refractivity contribution in [2.45, 2.75) is 12.8 Å². The fourth-order valence-electron chi connectivity index (χ4n) is 2.64. The highest BCUT2D eigenvalue weighted by Gasteiger charge is 2.23. The lowest BCUT2D eigenvalue weighted by Gasteiger charge is -2.25. The molecule has 0 bridgehead atoms. The van der Waals surface area contributed by atoms with Gasteiger partial charge in [0.25, 0.3) is 0 Å². The maximum absolute atomic E-state index is 12.1. The van der Waals surface area contributed by atoms with E-state index in [1.807, 2.05) is 6.07 Å². The first-order valence-electron chi connectivity index (χ1n) is 7.76. The normalized spacial score (nSPS) is 15.5. The fourth-order valence-corrected chi connectivity index (χ4v) is 3.57. The van der Waals surface area contributed by atoms with Crippen LogP contribution in [0.2, 0.25) is 0 Å². The molecule has 0 atom stereocenters. The minimum absolute atomic E-state index is 0.0759. The van der Waals surface area contributed by atoms with Crippen molar-refractivity contribution in [3.05, 3.63) is 29.8 Å². The van der Waals surface area contributed by atoms with Crippen molar-refractivity contribution in [3.63, 3.8) is 0 Å². The molecular formula is C16H21N3O4S. The van der Waals surface area contributed by atoms with Crippen molar-refractivity contribution < 1.29 is 17.9 Å². The van der Waals surface area contributed by atoms with E-state index in [0.29, 0.717) is 31.7 Å². The summed E-state index contributed by atoms with van der Waals surface area (Å²) in [5, 5.41) is 11.9. The van der Waals surface area contributed by atoms with Crippen molar-refractivity contribution in [2.24, 2.45) is 5.92 Å². The molecule has 1 fully saturated rings. The first kappa shape index (κ1) is 18.2. The number of hydrogen-bond donors (Lipinski definition) is 1. The molecule has 130 valence electrons. The average Bonchev–Trinajstić information content (AvgIpc) is 2.58. The second-order valence-electron chi connectivity index (χ2n) is 5.64. The highest BCUT2D eigenvalue weighted by atomic mass is 32.2. The number of rotatable bonds is 6. The number of nitriles is 1. The smallest absolute Gasteiger partial charge is 0.232 e. The molecule has 7 nitrogen and oxygen atoms in total. The predicted molar refractivity (Wildman–Crippen MR) is 89.9 cm³/mol. The van der Waals surface area contributed by atoms with Gasteiger partial charge >= 0.3 is 0 Å². The summed E-state index contributed by atoms with van der Waals surface area (Å²) in [6, 6.07) is 8.49. The van der Waals surface area contributed by atoms with Crippen molar-refractivity contribution in [1.29, 1.82) is 5.26 Å². The predicted octanol–water partition coefficient (Wildman–Crippen LogP) is 0.867. The van der Waals surface area contributed by atoms with Gasteiger partial charge in [-0.15, -0.1) is 0 Å². The zero-order valence-corrected chi connectivity index (χ0v) is 14.4. The van der Waals surface area contributed by atoms with Crippen molar-refractivity contribution >= 4 is 21.6 Å². The van der Waals surface area contributed by atoms with Crippen LogP contribution in [0.1, 0.15) is 18.4 Å². The Hall–Kier alpha value is -2.11. The zero-order valence-electron chi connectivity index (χ0n) is 13.6. The number of carbonyl (C=O) groups is 1. The lowest BCUT2D eigenvalue weighted by atomic mass is 9.99. The van der Waals surface area contributed by atoms with E-state index in [0.717, 1.165) is 10.6 Å². The van der Waals surface area contributed by atoms with Gasteiger partial charge in [0.1, 0.15) is 6.07 Å². The Kier molecular flexibility index (Phi) is 6.17. The third-order valence-electron chi connectivity index (χ3n) is 3.90. The largest absolute Gasteiger partial charge is 0.381 e. The number of nitrogens with one attached hydrogen (secondary N) is 1. The molecule has 0 spiro atoms. The van der Waals surface area contributed by atoms with E-state index in [4.69, 9.17) is 10.00 Å². The summed E-state index contributed by atoms with van der Waals surface area (Å²) >= 11 is 0. The highest BCUT2D eigenvalue weighted by Crippen LogP contribution is 2.21. The van der Waals surface area contributed by atoms with Gasteiger partial charge in [-0.1, -0.05) is 12.1 Å². The van der Waals surface area contributed by atoms with E-state index in [-0.39, 0.29) is 30.5 Å². The second-order valence-corrected chi connectivity index (χ2v) is 7.55. The molecule has 1 aromatic carbocycles. The molecule has 1 saturated heterocycles. The van der Waals surface area contributed by atoms with Gasteiger partial charge in [-0.05, 0) is 25.0 Å². The van der Waals surface area contributed by atoms with Crippen molar-refractivity contribution in [2.75, 3.05) is 36.9 Å². The summed E-state index contributed by atoms with van der Waals surface area (Å²) in [4.78, 5) is 12.1. The van der Waals surface area contributed by atoms with Crippen LogP contribution in [0.3, 0.4) is 0 Å². The molecular weight excluding hydrogens is 330 g/mol. The fraction of sp³-hybridized carbons (Fsp3) is 0.500. The molecule has 1 aliphatic rings. The third-order valence-corrected chi connectivity index (χ3v) is 5.08. The quantitative estimate of drug-likeness (QED) is 0.820. The Morgan fingerprint density at radius 3 is 2.67 bits per heavy atom. The van der Waals surface area contributed by atoms with Crippen LogP contribution in [0.15, 0.2) is 24.3 Å². The van der Waals surface area contributed by atoms with Crippen LogP contribution in [0.5, 0.6) is 0 Å². The van der Waals surface area contributed by atoms with Gasteiger partial charge in [-0.3, -0.25) is 9.10 Å². The molecule has 0 radical (unpaired) electrons.